The van der Waals surface area contributed by atoms with Gasteiger partial charge in [-0.2, -0.15) is 12.6 Å². The third-order valence-corrected chi connectivity index (χ3v) is 3.99. The van der Waals surface area contributed by atoms with Gasteiger partial charge in [-0.3, -0.25) is 24.0 Å². The van der Waals surface area contributed by atoms with Crippen LogP contribution in [0.3, 0.4) is 0 Å². The van der Waals surface area contributed by atoms with Crippen molar-refractivity contribution >= 4 is 48.3 Å². The molecular formula is C15H24N4O10S. The highest BCUT2D eigenvalue weighted by molar-refractivity contribution is 7.80. The molecule has 0 saturated heterocycles. The quantitative estimate of drug-likeness (QED) is 0.115. The number of carbonyl (C=O) groups is 6. The monoisotopic (exact) mass is 452 g/mol. The molecule has 15 heteroatoms. The van der Waals surface area contributed by atoms with Crippen molar-refractivity contribution in [1.29, 1.82) is 0 Å². The molecule has 0 aromatic rings. The minimum absolute atomic E-state index is 0.298. The third kappa shape index (κ3) is 10.0. The van der Waals surface area contributed by atoms with Crippen LogP contribution in [0.15, 0.2) is 0 Å². The average Bonchev–Trinajstić information content (AvgIpc) is 2.65. The Morgan fingerprint density at radius 2 is 1.30 bits per heavy atom. The van der Waals surface area contributed by atoms with Gasteiger partial charge >= 0.3 is 17.9 Å². The number of amides is 3. The van der Waals surface area contributed by atoms with Crippen LogP contribution in [0.25, 0.3) is 0 Å². The van der Waals surface area contributed by atoms with E-state index in [0.29, 0.717) is 0 Å². The fraction of sp³-hybridized carbons (Fsp3) is 0.600. The predicted molar refractivity (Wildman–Crippen MR) is 101 cm³/mol. The maximum absolute atomic E-state index is 12.4. The summed E-state index contributed by atoms with van der Waals surface area (Å²) in [6.45, 7) is -0.910. The number of hydrogen-bond acceptors (Lipinski definition) is 9. The van der Waals surface area contributed by atoms with Crippen LogP contribution in [0.2, 0.25) is 0 Å². The Morgan fingerprint density at radius 1 is 0.800 bits per heavy atom. The van der Waals surface area contributed by atoms with Crippen molar-refractivity contribution in [3.05, 3.63) is 0 Å². The lowest BCUT2D eigenvalue weighted by molar-refractivity contribution is -0.143. The molecule has 0 aliphatic carbocycles. The molecule has 4 unspecified atom stereocenters. The Kier molecular flexibility index (Phi) is 12.0. The van der Waals surface area contributed by atoms with E-state index in [1.54, 1.807) is 0 Å². The van der Waals surface area contributed by atoms with Gasteiger partial charge in [0.1, 0.15) is 18.1 Å². The average molecular weight is 452 g/mol. The molecule has 0 bridgehead atoms. The molecule has 9 N–H and O–H groups in total. The molecule has 0 aromatic heterocycles. The van der Waals surface area contributed by atoms with E-state index in [1.807, 2.05) is 5.32 Å². The predicted octanol–water partition coefficient (Wildman–Crippen LogP) is -3.89. The highest BCUT2D eigenvalue weighted by Gasteiger charge is 2.30. The van der Waals surface area contributed by atoms with Crippen LogP contribution in [-0.2, 0) is 28.8 Å². The lowest BCUT2D eigenvalue weighted by atomic mass is 10.1. The van der Waals surface area contributed by atoms with Crippen LogP contribution in [0.4, 0.5) is 0 Å². The molecule has 14 nitrogen and oxygen atoms in total. The van der Waals surface area contributed by atoms with Crippen molar-refractivity contribution in [1.82, 2.24) is 16.0 Å². The summed E-state index contributed by atoms with van der Waals surface area (Å²) in [5.74, 6) is -7.49. The van der Waals surface area contributed by atoms with Gasteiger partial charge in [0.05, 0.1) is 19.1 Å². The zero-order valence-electron chi connectivity index (χ0n) is 15.6. The molecule has 0 fully saturated rings. The number of rotatable bonds is 14. The van der Waals surface area contributed by atoms with Gasteiger partial charge < -0.3 is 42.1 Å². The fourth-order valence-corrected chi connectivity index (χ4v) is 2.28. The van der Waals surface area contributed by atoms with Gasteiger partial charge in [0.2, 0.25) is 17.7 Å². The first-order valence-corrected chi connectivity index (χ1v) is 9.10. The molecule has 30 heavy (non-hydrogen) atoms. The molecule has 0 rings (SSSR count). The second-order valence-electron chi connectivity index (χ2n) is 6.02. The second kappa shape index (κ2) is 13.3. The summed E-state index contributed by atoms with van der Waals surface area (Å²) in [5.41, 5.74) is 5.40. The van der Waals surface area contributed by atoms with Crippen LogP contribution in [-0.4, -0.2) is 92.6 Å². The van der Waals surface area contributed by atoms with Gasteiger partial charge in [0.25, 0.3) is 0 Å². The number of aliphatic hydroxyl groups is 1. The molecule has 0 radical (unpaired) electrons. The molecule has 3 amide bonds. The number of hydrogen-bond donors (Lipinski definition) is 9. The Balaban J connectivity index is 5.24. The molecular weight excluding hydrogens is 428 g/mol. The number of carboxylic acids is 3. The maximum Gasteiger partial charge on any atom is 0.328 e. The Hall–Kier alpha value is -2.91. The smallest absolute Gasteiger partial charge is 0.328 e. The Labute approximate surface area is 175 Å². The fourth-order valence-electron chi connectivity index (χ4n) is 2.02. The van der Waals surface area contributed by atoms with Crippen molar-refractivity contribution in [2.75, 3.05) is 12.4 Å². The lowest BCUT2D eigenvalue weighted by Gasteiger charge is -2.23. The van der Waals surface area contributed by atoms with Crippen molar-refractivity contribution in [3.63, 3.8) is 0 Å². The zero-order chi connectivity index (χ0) is 23.4. The molecule has 0 heterocycles. The van der Waals surface area contributed by atoms with E-state index in [9.17, 15) is 28.8 Å². The Morgan fingerprint density at radius 3 is 1.73 bits per heavy atom. The van der Waals surface area contributed by atoms with Gasteiger partial charge in [-0.15, -0.1) is 0 Å². The van der Waals surface area contributed by atoms with Gasteiger partial charge in [0.15, 0.2) is 0 Å². The summed E-state index contributed by atoms with van der Waals surface area (Å²) in [4.78, 5) is 68.8. The van der Waals surface area contributed by atoms with E-state index in [1.165, 1.54) is 0 Å². The van der Waals surface area contributed by atoms with E-state index in [-0.39, 0.29) is 5.75 Å². The highest BCUT2D eigenvalue weighted by atomic mass is 32.1. The van der Waals surface area contributed by atoms with Gasteiger partial charge in [-0.1, -0.05) is 0 Å². The number of nitrogens with one attached hydrogen (secondary N) is 3. The lowest BCUT2D eigenvalue weighted by Crippen LogP contribution is -2.58. The van der Waals surface area contributed by atoms with E-state index >= 15 is 0 Å². The molecule has 0 aliphatic heterocycles. The first-order chi connectivity index (χ1) is 13.9. The molecule has 0 spiro atoms. The summed E-state index contributed by atoms with van der Waals surface area (Å²) in [6.07, 6.45) is -1.68. The first-order valence-electron chi connectivity index (χ1n) is 8.47. The largest absolute Gasteiger partial charge is 0.481 e. The molecule has 4 atom stereocenters. The molecule has 170 valence electrons. The molecule has 0 aromatic carbocycles. The summed E-state index contributed by atoms with van der Waals surface area (Å²) in [6, 6.07) is -6.00. The highest BCUT2D eigenvalue weighted by Crippen LogP contribution is 2.02. The Bertz CT molecular complexity index is 674. The van der Waals surface area contributed by atoms with Gasteiger partial charge in [0, 0.05) is 12.2 Å². The zero-order valence-corrected chi connectivity index (χ0v) is 16.5. The number of carbonyl (C=O) groups excluding carboxylic acids is 3. The minimum atomic E-state index is -1.63. The maximum atomic E-state index is 12.4. The van der Waals surface area contributed by atoms with Gasteiger partial charge in [-0.05, 0) is 6.42 Å². The summed E-state index contributed by atoms with van der Waals surface area (Å²) in [7, 11) is 0. The number of carboxylic acid groups (broad SMARTS) is 3. The number of nitrogens with two attached hydrogens (primary N) is 1. The molecule has 0 aliphatic rings. The molecule has 0 saturated carbocycles. The number of aliphatic hydroxyl groups excluding tert-OH is 1. The first kappa shape index (κ1) is 27.1. The van der Waals surface area contributed by atoms with E-state index < -0.39 is 85.7 Å². The topological polar surface area (TPSA) is 245 Å². The van der Waals surface area contributed by atoms with E-state index in [0.717, 1.165) is 0 Å². The van der Waals surface area contributed by atoms with Crippen LogP contribution < -0.4 is 21.7 Å². The summed E-state index contributed by atoms with van der Waals surface area (Å²) in [5, 5.41) is 41.5. The summed E-state index contributed by atoms with van der Waals surface area (Å²) >= 11 is 3.87. The minimum Gasteiger partial charge on any atom is -0.481 e. The number of thiol groups is 1. The van der Waals surface area contributed by atoms with Crippen LogP contribution >= 0.6 is 12.6 Å². The summed E-state index contributed by atoms with van der Waals surface area (Å²) < 4.78 is 0. The van der Waals surface area contributed by atoms with Crippen molar-refractivity contribution in [3.8, 4) is 0 Å². The van der Waals surface area contributed by atoms with Crippen LogP contribution in [0, 0.1) is 0 Å². The van der Waals surface area contributed by atoms with E-state index in [4.69, 9.17) is 26.2 Å². The second-order valence-corrected chi connectivity index (χ2v) is 6.39. The SMILES string of the molecule is NC(CC(=O)O)C(=O)NC(CCC(=O)O)C(=O)NC(CS)C(=O)NC(CO)C(=O)O. The van der Waals surface area contributed by atoms with Crippen LogP contribution in [0.1, 0.15) is 19.3 Å². The van der Waals surface area contributed by atoms with Gasteiger partial charge in [-0.25, -0.2) is 4.79 Å². The van der Waals surface area contributed by atoms with Crippen LogP contribution in [0.5, 0.6) is 0 Å². The third-order valence-electron chi connectivity index (χ3n) is 3.62. The van der Waals surface area contributed by atoms with E-state index in [2.05, 4.69) is 23.3 Å². The van der Waals surface area contributed by atoms with Crippen molar-refractivity contribution in [2.45, 2.75) is 43.4 Å². The van der Waals surface area contributed by atoms with Crippen molar-refractivity contribution in [2.24, 2.45) is 5.73 Å². The number of aliphatic carboxylic acids is 3. The standard InChI is InChI=1S/C15H24N4O10S/c16-6(3-11(23)24)12(25)17-7(1-2-10(21)22)13(26)19-9(5-30)14(27)18-8(4-20)15(28)29/h6-9,20,30H,1-5,16H2,(H,17,25)(H,18,27)(H,19,26)(H,21,22)(H,23,24)(H,28,29). The van der Waals surface area contributed by atoms with Crippen molar-refractivity contribution < 1.29 is 49.2 Å². The normalized spacial score (nSPS) is 14.5.